The highest BCUT2D eigenvalue weighted by Crippen LogP contribution is 2.41. The topological polar surface area (TPSA) is 9.23 Å². The molecule has 0 bridgehead atoms. The molecule has 0 spiro atoms. The van der Waals surface area contributed by atoms with Gasteiger partial charge in [-0.25, -0.2) is 0 Å². The molecule has 3 rings (SSSR count). The van der Waals surface area contributed by atoms with Crippen molar-refractivity contribution in [1.82, 2.24) is 0 Å². The third-order valence-corrected chi connectivity index (χ3v) is 3.99. The summed E-state index contributed by atoms with van der Waals surface area (Å²) in [5, 5.41) is 0.456. The quantitative estimate of drug-likeness (QED) is 0.661. The van der Waals surface area contributed by atoms with Crippen molar-refractivity contribution >= 4 is 17.7 Å². The van der Waals surface area contributed by atoms with Crippen LogP contribution in [-0.2, 0) is 6.42 Å². The highest BCUT2D eigenvalue weighted by atomic mass is 35.5. The van der Waals surface area contributed by atoms with Gasteiger partial charge in [0.05, 0.1) is 0 Å². The number of hydrogen-bond donors (Lipinski definition) is 0. The predicted octanol–water partition coefficient (Wildman–Crippen LogP) is 5.91. The molecule has 0 aromatic heterocycles. The highest BCUT2D eigenvalue weighted by Gasteiger charge is 2.42. The van der Waals surface area contributed by atoms with E-state index in [-0.39, 0.29) is 5.75 Å². The molecule has 1 heterocycles. The number of benzene rings is 2. The first kappa shape index (κ1) is 15.9. The van der Waals surface area contributed by atoms with E-state index in [4.69, 9.17) is 16.3 Å². The van der Waals surface area contributed by atoms with E-state index in [1.54, 1.807) is 12.1 Å². The fourth-order valence-corrected chi connectivity index (χ4v) is 2.76. The van der Waals surface area contributed by atoms with Gasteiger partial charge in [0.25, 0.3) is 0 Å². The second-order valence-corrected chi connectivity index (χ2v) is 5.80. The Morgan fingerprint density at radius 2 is 1.83 bits per heavy atom. The standard InChI is InChI=1S/C18H14ClF3O/c1-2-11-3-5-12(6-4-11)15-10-14(19)9-13-7-8-16(18(20,21)22)23-17(13)15/h3-10,16H,2H2,1H3. The van der Waals surface area contributed by atoms with Crippen molar-refractivity contribution in [3.05, 3.63) is 58.6 Å². The zero-order valence-electron chi connectivity index (χ0n) is 12.3. The molecule has 0 aliphatic carbocycles. The summed E-state index contributed by atoms with van der Waals surface area (Å²) in [5.41, 5.74) is 3.04. The molecule has 1 aliphatic heterocycles. The molecule has 1 aliphatic rings. The van der Waals surface area contributed by atoms with Crippen molar-refractivity contribution < 1.29 is 17.9 Å². The van der Waals surface area contributed by atoms with E-state index < -0.39 is 12.3 Å². The van der Waals surface area contributed by atoms with Gasteiger partial charge in [-0.1, -0.05) is 48.9 Å². The van der Waals surface area contributed by atoms with Crippen LogP contribution in [0.15, 0.2) is 42.5 Å². The first-order valence-corrected chi connectivity index (χ1v) is 7.60. The molecule has 2 aromatic carbocycles. The molecule has 5 heteroatoms. The second-order valence-electron chi connectivity index (χ2n) is 5.36. The van der Waals surface area contributed by atoms with Crippen LogP contribution >= 0.6 is 11.6 Å². The van der Waals surface area contributed by atoms with Crippen LogP contribution in [-0.4, -0.2) is 12.3 Å². The molecule has 0 amide bonds. The average Bonchev–Trinajstić information content (AvgIpc) is 2.53. The van der Waals surface area contributed by atoms with Crippen molar-refractivity contribution in [2.24, 2.45) is 0 Å². The normalized spacial score (nSPS) is 16.8. The Balaban J connectivity index is 2.08. The van der Waals surface area contributed by atoms with E-state index >= 15 is 0 Å². The molecular formula is C18H14ClF3O. The Bertz CT molecular complexity index is 748. The number of ether oxygens (including phenoxy) is 1. The van der Waals surface area contributed by atoms with E-state index in [0.717, 1.165) is 23.6 Å². The lowest BCUT2D eigenvalue weighted by Gasteiger charge is -2.25. The van der Waals surface area contributed by atoms with Crippen LogP contribution in [0.5, 0.6) is 5.75 Å². The van der Waals surface area contributed by atoms with Gasteiger partial charge < -0.3 is 4.74 Å². The summed E-state index contributed by atoms with van der Waals surface area (Å²) in [6, 6.07) is 10.9. The van der Waals surface area contributed by atoms with E-state index in [1.165, 1.54) is 6.08 Å². The molecule has 0 saturated heterocycles. The lowest BCUT2D eigenvalue weighted by Crippen LogP contribution is -2.34. The Labute approximate surface area is 137 Å². The van der Waals surface area contributed by atoms with Crippen LogP contribution in [0.4, 0.5) is 13.2 Å². The van der Waals surface area contributed by atoms with Crippen LogP contribution in [0.3, 0.4) is 0 Å². The fourth-order valence-electron chi connectivity index (χ4n) is 2.54. The summed E-state index contributed by atoms with van der Waals surface area (Å²) in [6.07, 6.45) is -3.08. The lowest BCUT2D eigenvalue weighted by molar-refractivity contribution is -0.180. The number of aryl methyl sites for hydroxylation is 1. The zero-order chi connectivity index (χ0) is 16.6. The maximum atomic E-state index is 12.9. The summed E-state index contributed by atoms with van der Waals surface area (Å²) in [7, 11) is 0. The maximum Gasteiger partial charge on any atom is 0.429 e. The van der Waals surface area contributed by atoms with Gasteiger partial charge in [-0.3, -0.25) is 0 Å². The molecule has 1 atom stereocenters. The van der Waals surface area contributed by atoms with Gasteiger partial charge in [0.15, 0.2) is 0 Å². The number of alkyl halides is 3. The van der Waals surface area contributed by atoms with Gasteiger partial charge in [0, 0.05) is 16.1 Å². The Hall–Kier alpha value is -1.94. The first-order valence-electron chi connectivity index (χ1n) is 7.23. The van der Waals surface area contributed by atoms with Gasteiger partial charge in [0.1, 0.15) is 5.75 Å². The molecule has 0 radical (unpaired) electrons. The summed E-state index contributed by atoms with van der Waals surface area (Å²) >= 11 is 6.10. The van der Waals surface area contributed by atoms with Crippen molar-refractivity contribution in [3.63, 3.8) is 0 Å². The lowest BCUT2D eigenvalue weighted by atomic mass is 9.98. The Morgan fingerprint density at radius 3 is 2.43 bits per heavy atom. The minimum absolute atomic E-state index is 0.212. The molecule has 120 valence electrons. The zero-order valence-corrected chi connectivity index (χ0v) is 13.1. The van der Waals surface area contributed by atoms with E-state index in [2.05, 4.69) is 0 Å². The van der Waals surface area contributed by atoms with Crippen LogP contribution in [0.2, 0.25) is 5.02 Å². The van der Waals surface area contributed by atoms with Gasteiger partial charge >= 0.3 is 6.18 Å². The van der Waals surface area contributed by atoms with Crippen molar-refractivity contribution in [3.8, 4) is 16.9 Å². The number of halogens is 4. The number of rotatable bonds is 2. The SMILES string of the molecule is CCc1ccc(-c2cc(Cl)cc3c2OC(C(F)(F)F)C=C3)cc1. The first-order chi connectivity index (χ1) is 10.9. The second kappa shape index (κ2) is 5.93. The summed E-state index contributed by atoms with van der Waals surface area (Å²) in [6.45, 7) is 2.04. The highest BCUT2D eigenvalue weighted by molar-refractivity contribution is 6.31. The molecule has 23 heavy (non-hydrogen) atoms. The third kappa shape index (κ3) is 3.22. The summed E-state index contributed by atoms with van der Waals surface area (Å²) in [5.74, 6) is 0.212. The third-order valence-electron chi connectivity index (χ3n) is 3.77. The molecule has 0 fully saturated rings. The Morgan fingerprint density at radius 1 is 1.13 bits per heavy atom. The molecule has 1 nitrogen and oxygen atoms in total. The van der Waals surface area contributed by atoms with Gasteiger partial charge in [0.2, 0.25) is 6.10 Å². The van der Waals surface area contributed by atoms with E-state index in [9.17, 15) is 13.2 Å². The minimum Gasteiger partial charge on any atom is -0.476 e. The number of fused-ring (bicyclic) bond motifs is 1. The van der Waals surface area contributed by atoms with Gasteiger partial charge in [-0.05, 0) is 35.8 Å². The van der Waals surface area contributed by atoms with E-state index in [0.29, 0.717) is 16.1 Å². The van der Waals surface area contributed by atoms with Crippen molar-refractivity contribution in [1.29, 1.82) is 0 Å². The van der Waals surface area contributed by atoms with Crippen LogP contribution in [0, 0.1) is 0 Å². The van der Waals surface area contributed by atoms with Crippen molar-refractivity contribution in [2.75, 3.05) is 0 Å². The van der Waals surface area contributed by atoms with Crippen LogP contribution in [0.25, 0.3) is 17.2 Å². The van der Waals surface area contributed by atoms with E-state index in [1.807, 2.05) is 31.2 Å². The summed E-state index contributed by atoms with van der Waals surface area (Å²) < 4.78 is 44.1. The smallest absolute Gasteiger partial charge is 0.429 e. The van der Waals surface area contributed by atoms with Gasteiger partial charge in [-0.2, -0.15) is 13.2 Å². The fraction of sp³-hybridized carbons (Fsp3) is 0.222. The number of hydrogen-bond acceptors (Lipinski definition) is 1. The molecule has 2 aromatic rings. The average molecular weight is 339 g/mol. The molecule has 0 saturated carbocycles. The maximum absolute atomic E-state index is 12.9. The largest absolute Gasteiger partial charge is 0.476 e. The minimum atomic E-state index is -4.45. The summed E-state index contributed by atoms with van der Waals surface area (Å²) in [4.78, 5) is 0. The van der Waals surface area contributed by atoms with Crippen LogP contribution < -0.4 is 4.74 Å². The molecule has 0 N–H and O–H groups in total. The Kier molecular flexibility index (Phi) is 4.11. The van der Waals surface area contributed by atoms with Gasteiger partial charge in [-0.15, -0.1) is 0 Å². The monoisotopic (exact) mass is 338 g/mol. The predicted molar refractivity (Wildman–Crippen MR) is 85.8 cm³/mol. The van der Waals surface area contributed by atoms with Crippen molar-refractivity contribution in [2.45, 2.75) is 25.6 Å². The van der Waals surface area contributed by atoms with Crippen LogP contribution in [0.1, 0.15) is 18.1 Å². The molecular weight excluding hydrogens is 325 g/mol. The molecule has 1 unspecified atom stereocenters.